The van der Waals surface area contributed by atoms with Crippen LogP contribution in [0.1, 0.15) is 0 Å². The third-order valence-corrected chi connectivity index (χ3v) is 7.29. The van der Waals surface area contributed by atoms with Gasteiger partial charge in [0.1, 0.15) is 5.75 Å². The van der Waals surface area contributed by atoms with Gasteiger partial charge in [-0.25, -0.2) is 4.39 Å². The molecule has 0 amide bonds. The van der Waals surface area contributed by atoms with Gasteiger partial charge in [0.25, 0.3) is 0 Å². The number of rotatable bonds is 2. The monoisotopic (exact) mass is 656 g/mol. The molecule has 0 spiro atoms. The number of hydrogen-bond acceptors (Lipinski definition) is 1. The summed E-state index contributed by atoms with van der Waals surface area (Å²) in [6.07, 6.45) is 0. The van der Waals surface area contributed by atoms with E-state index < -0.39 is 5.82 Å². The molecule has 0 aromatic heterocycles. The molecular weight excluding hydrogens is 659 g/mol. The lowest BCUT2D eigenvalue weighted by molar-refractivity contribution is 0.467. The van der Waals surface area contributed by atoms with E-state index in [1.165, 1.54) is 0 Å². The van der Waals surface area contributed by atoms with E-state index in [-0.39, 0.29) is 4.47 Å². The summed E-state index contributed by atoms with van der Waals surface area (Å²) >= 11 is 19.9. The van der Waals surface area contributed by atoms with Gasteiger partial charge >= 0.3 is 0 Å². The van der Waals surface area contributed by atoms with E-state index in [1.807, 2.05) is 0 Å². The van der Waals surface area contributed by atoms with Gasteiger partial charge in [-0.3, -0.25) is 0 Å². The summed E-state index contributed by atoms with van der Waals surface area (Å²) in [7, 11) is 0. The average Bonchev–Trinajstić information content (AvgIpc) is 2.38. The summed E-state index contributed by atoms with van der Waals surface area (Å²) in [5, 5.41) is 0. The van der Waals surface area contributed by atoms with Crippen molar-refractivity contribution < 1.29 is 9.13 Å². The van der Waals surface area contributed by atoms with E-state index in [9.17, 15) is 4.39 Å². The maximum absolute atomic E-state index is 13.9. The lowest BCUT2D eigenvalue weighted by atomic mass is 10.3. The van der Waals surface area contributed by atoms with Crippen LogP contribution in [0.15, 0.2) is 45.0 Å². The molecule has 0 aliphatic rings. The Kier molecular flexibility index (Phi) is 6.16. The summed E-state index contributed by atoms with van der Waals surface area (Å²) in [6, 6.07) is 5.17. The first-order chi connectivity index (χ1) is 9.31. The molecule has 2 aromatic rings. The molecule has 0 bridgehead atoms. The van der Waals surface area contributed by atoms with Crippen molar-refractivity contribution in [3.63, 3.8) is 0 Å². The molecule has 20 heavy (non-hydrogen) atoms. The molecule has 0 radical (unpaired) electrons. The van der Waals surface area contributed by atoms with Crippen molar-refractivity contribution in [3.8, 4) is 11.5 Å². The molecule has 0 aliphatic heterocycles. The second-order valence-electron chi connectivity index (χ2n) is 3.60. The number of hydrogen-bond donors (Lipinski definition) is 0. The highest BCUT2D eigenvalue weighted by molar-refractivity contribution is 9.14. The molecule has 2 rings (SSSR count). The fraction of sp³-hybridized carbons (Fsp3) is 0. The number of halogens is 7. The maximum Gasteiger partial charge on any atom is 0.158 e. The van der Waals surface area contributed by atoms with Crippen LogP contribution in [0.25, 0.3) is 0 Å². The second kappa shape index (κ2) is 7.08. The lowest BCUT2D eigenvalue weighted by Gasteiger charge is -2.13. The largest absolute Gasteiger partial charge is 0.455 e. The zero-order valence-corrected chi connectivity index (χ0v) is 18.8. The first-order valence-electron chi connectivity index (χ1n) is 4.96. The molecule has 0 saturated carbocycles. The van der Waals surface area contributed by atoms with Crippen molar-refractivity contribution in [3.05, 3.63) is 50.9 Å². The third-order valence-electron chi connectivity index (χ3n) is 2.25. The number of ether oxygens (including phenoxy) is 1. The second-order valence-corrected chi connectivity index (χ2v) is 8.60. The lowest BCUT2D eigenvalue weighted by Crippen LogP contribution is -1.91. The summed E-state index contributed by atoms with van der Waals surface area (Å²) in [5.74, 6) is 0.514. The highest BCUT2D eigenvalue weighted by atomic mass is 79.9. The molecule has 0 saturated heterocycles. The van der Waals surface area contributed by atoms with E-state index in [1.54, 1.807) is 18.2 Å². The SMILES string of the molecule is Fc1c(Br)cc(Br)c(Oc2cc(Br)c(Br)c(Br)c2)c1Br. The van der Waals surface area contributed by atoms with Crippen LogP contribution in [0.5, 0.6) is 11.5 Å². The Hall–Kier alpha value is 1.05. The molecule has 0 aliphatic carbocycles. The summed E-state index contributed by atoms with van der Waals surface area (Å²) in [6.45, 7) is 0. The van der Waals surface area contributed by atoms with Crippen molar-refractivity contribution in [2.45, 2.75) is 0 Å². The molecule has 0 unspecified atom stereocenters. The Morgan fingerprint density at radius 3 is 1.80 bits per heavy atom. The highest BCUT2D eigenvalue weighted by Gasteiger charge is 2.17. The van der Waals surface area contributed by atoms with Crippen LogP contribution in [0, 0.1) is 5.82 Å². The Bertz CT molecular complexity index is 665. The molecule has 1 nitrogen and oxygen atoms in total. The van der Waals surface area contributed by atoms with Crippen LogP contribution in [-0.4, -0.2) is 0 Å². The van der Waals surface area contributed by atoms with Crippen molar-refractivity contribution in [1.82, 2.24) is 0 Å². The zero-order chi connectivity index (χ0) is 15.0. The van der Waals surface area contributed by atoms with Crippen LogP contribution >= 0.6 is 95.6 Å². The smallest absolute Gasteiger partial charge is 0.158 e. The molecule has 0 heterocycles. The highest BCUT2D eigenvalue weighted by Crippen LogP contribution is 2.43. The van der Waals surface area contributed by atoms with Gasteiger partial charge in [-0.2, -0.15) is 0 Å². The zero-order valence-electron chi connectivity index (χ0n) is 9.29. The van der Waals surface area contributed by atoms with Crippen molar-refractivity contribution in [1.29, 1.82) is 0 Å². The van der Waals surface area contributed by atoms with Crippen molar-refractivity contribution in [2.24, 2.45) is 0 Å². The van der Waals surface area contributed by atoms with Crippen LogP contribution in [-0.2, 0) is 0 Å². The summed E-state index contributed by atoms with van der Waals surface area (Å²) in [5.41, 5.74) is 0. The van der Waals surface area contributed by atoms with E-state index in [0.29, 0.717) is 20.4 Å². The van der Waals surface area contributed by atoms with Crippen LogP contribution in [0.4, 0.5) is 4.39 Å². The normalized spacial score (nSPS) is 10.8. The molecule has 8 heteroatoms. The molecular formula is C12H3Br6FO. The van der Waals surface area contributed by atoms with Crippen LogP contribution < -0.4 is 4.74 Å². The fourth-order valence-electron chi connectivity index (χ4n) is 1.35. The quantitative estimate of drug-likeness (QED) is 0.233. The third kappa shape index (κ3) is 3.68. The average molecular weight is 662 g/mol. The molecule has 0 N–H and O–H groups in total. The molecule has 0 fully saturated rings. The van der Waals surface area contributed by atoms with Gasteiger partial charge in [0.05, 0.1) is 13.4 Å². The van der Waals surface area contributed by atoms with E-state index in [4.69, 9.17) is 4.74 Å². The Morgan fingerprint density at radius 1 is 0.700 bits per heavy atom. The van der Waals surface area contributed by atoms with Gasteiger partial charge in [0, 0.05) is 13.4 Å². The standard InChI is InChI=1S/C12H3Br6FO/c13-5-1-4(2-6(14)9(5)17)20-12-8(16)3-7(15)11(19)10(12)18/h1-3H. The minimum absolute atomic E-state index is 0.244. The first-order valence-corrected chi connectivity index (χ1v) is 9.72. The van der Waals surface area contributed by atoms with E-state index in [0.717, 1.165) is 13.4 Å². The fourth-order valence-corrected chi connectivity index (χ4v) is 5.01. The van der Waals surface area contributed by atoms with Gasteiger partial charge in [-0.1, -0.05) is 0 Å². The van der Waals surface area contributed by atoms with Crippen LogP contribution in [0.2, 0.25) is 0 Å². The predicted molar refractivity (Wildman–Crippen MR) is 99.1 cm³/mol. The number of benzene rings is 2. The van der Waals surface area contributed by atoms with Crippen molar-refractivity contribution in [2.75, 3.05) is 0 Å². The molecule has 106 valence electrons. The first kappa shape index (κ1) is 17.4. The topological polar surface area (TPSA) is 9.23 Å². The predicted octanol–water partition coefficient (Wildman–Crippen LogP) is 8.19. The Labute approximate surface area is 165 Å². The van der Waals surface area contributed by atoms with Crippen LogP contribution in [0.3, 0.4) is 0 Å². The Morgan fingerprint density at radius 2 is 1.25 bits per heavy atom. The van der Waals surface area contributed by atoms with Gasteiger partial charge in [-0.05, 0) is 114 Å². The summed E-state index contributed by atoms with van der Waals surface area (Å²) in [4.78, 5) is 0. The van der Waals surface area contributed by atoms with Gasteiger partial charge in [0.2, 0.25) is 0 Å². The van der Waals surface area contributed by atoms with E-state index >= 15 is 0 Å². The summed E-state index contributed by atoms with van der Waals surface area (Å²) < 4.78 is 23.4. The van der Waals surface area contributed by atoms with Gasteiger partial charge in [0.15, 0.2) is 11.6 Å². The molecule has 2 aromatic carbocycles. The van der Waals surface area contributed by atoms with Crippen molar-refractivity contribution >= 4 is 95.6 Å². The van der Waals surface area contributed by atoms with E-state index in [2.05, 4.69) is 95.6 Å². The van der Waals surface area contributed by atoms with Gasteiger partial charge < -0.3 is 4.74 Å². The molecule has 0 atom stereocenters. The maximum atomic E-state index is 13.9. The van der Waals surface area contributed by atoms with Gasteiger partial charge in [-0.15, -0.1) is 0 Å². The minimum Gasteiger partial charge on any atom is -0.455 e. The minimum atomic E-state index is -0.418. The Balaban J connectivity index is 2.48.